The standard InChI is InChI=1S/C19H20FN3O2S.C19H21N3O2S.C16H12FN3.C16H13N3.CH4/c1-14-12-23-18(3-2-4-19(23)21-14)16-6-5-15(11-17(16)20)13-22-7-9-26(24,25)10-8-22;1-15-13-22-18(3-2-4-19(22)20-15)17-7-5-16(6-8-17)14-21-9-11-25(23,24)12-10-21;1-11-10-20-15(4-3-5-16(20)19-11)13-7-6-12(9-18-2)8-14(13)17;1-12-11-19-15(4-3-5-16(19)18-12)14-8-6-13(7-9-14)10-17-2;/h2-6,11-12H,7-10,13H2,1H3;2-8,13H,9-12,14H2,1H3;3-8,10H,9H2,1H3;3-9,11H,10H2,1H3;1H4. The van der Waals surface area contributed by atoms with Gasteiger partial charge in [-0.25, -0.2) is 58.7 Å². The van der Waals surface area contributed by atoms with E-state index in [1.54, 1.807) is 24.3 Å². The number of halogens is 2. The third kappa shape index (κ3) is 15.5. The molecule has 4 aromatic carbocycles. The molecule has 0 unspecified atom stereocenters. The summed E-state index contributed by atoms with van der Waals surface area (Å²) in [5.74, 6) is 0.293. The van der Waals surface area contributed by atoms with Crippen molar-refractivity contribution in [2.75, 3.05) is 49.2 Å². The number of hydrogen-bond acceptors (Lipinski definition) is 10. The van der Waals surface area contributed by atoms with Crippen molar-refractivity contribution in [1.29, 1.82) is 0 Å². The third-order valence-corrected chi connectivity index (χ3v) is 19.0. The Morgan fingerprint density at radius 1 is 0.407 bits per heavy atom. The summed E-state index contributed by atoms with van der Waals surface area (Å²) in [5.41, 5.74) is 18.2. The largest absolute Gasteiger partial charge is 0.312 e. The average Bonchev–Trinajstić information content (AvgIpc) is 1.93. The number of rotatable bonds is 10. The Balaban J connectivity index is 0.000000134. The molecule has 2 aliphatic heterocycles. The number of benzene rings is 4. The molecule has 8 aromatic heterocycles. The van der Waals surface area contributed by atoms with E-state index in [1.165, 1.54) is 11.6 Å². The van der Waals surface area contributed by atoms with Crippen LogP contribution < -0.4 is 0 Å². The first kappa shape index (κ1) is 64.3. The van der Waals surface area contributed by atoms with Gasteiger partial charge in [0.15, 0.2) is 19.7 Å². The van der Waals surface area contributed by atoms with E-state index in [1.807, 2.05) is 140 Å². The van der Waals surface area contributed by atoms with Crippen LogP contribution in [0.25, 0.3) is 77.3 Å². The summed E-state index contributed by atoms with van der Waals surface area (Å²) >= 11 is 0. The van der Waals surface area contributed by atoms with E-state index in [2.05, 4.69) is 96.8 Å². The molecule has 0 spiro atoms. The van der Waals surface area contributed by atoms with Gasteiger partial charge in [-0.2, -0.15) is 0 Å². The number of pyridine rings is 4. The molecule has 20 heteroatoms. The molecule has 91 heavy (non-hydrogen) atoms. The topological polar surface area (TPSA) is 153 Å². The minimum Gasteiger partial charge on any atom is -0.312 e. The summed E-state index contributed by atoms with van der Waals surface area (Å²) in [6, 6.07) is 50.3. The van der Waals surface area contributed by atoms with E-state index < -0.39 is 19.7 Å². The van der Waals surface area contributed by atoms with Crippen LogP contribution in [0, 0.1) is 52.5 Å². The van der Waals surface area contributed by atoms with Crippen molar-refractivity contribution in [1.82, 2.24) is 47.3 Å². The van der Waals surface area contributed by atoms with Crippen LogP contribution in [0.3, 0.4) is 0 Å². The van der Waals surface area contributed by atoms with E-state index in [0.717, 1.165) is 96.9 Å². The van der Waals surface area contributed by atoms with E-state index in [0.29, 0.717) is 56.0 Å². The van der Waals surface area contributed by atoms with Crippen LogP contribution in [0.5, 0.6) is 0 Å². The van der Waals surface area contributed by atoms with Gasteiger partial charge in [0.05, 0.1) is 68.6 Å². The molecule has 10 heterocycles. The normalized spacial score (nSPS) is 14.5. The third-order valence-electron chi connectivity index (χ3n) is 15.8. The number of imidazole rings is 4. The van der Waals surface area contributed by atoms with Gasteiger partial charge in [-0.1, -0.05) is 92.4 Å². The lowest BCUT2D eigenvalue weighted by molar-refractivity contribution is 0.287. The molecule has 0 N–H and O–H groups in total. The van der Waals surface area contributed by atoms with Crippen LogP contribution in [0.4, 0.5) is 8.78 Å². The molecule has 2 fully saturated rings. The van der Waals surface area contributed by atoms with Crippen LogP contribution in [-0.4, -0.2) is 113 Å². The van der Waals surface area contributed by atoms with Crippen molar-refractivity contribution in [2.45, 2.75) is 61.3 Å². The number of sulfone groups is 2. The van der Waals surface area contributed by atoms with E-state index in [4.69, 9.17) is 13.1 Å². The first-order valence-corrected chi connectivity index (χ1v) is 33.1. The van der Waals surface area contributed by atoms with Crippen LogP contribution in [0.2, 0.25) is 0 Å². The quantitative estimate of drug-likeness (QED) is 0.121. The maximum absolute atomic E-state index is 14.8. The number of aryl methyl sites for hydroxylation is 4. The highest BCUT2D eigenvalue weighted by molar-refractivity contribution is 7.91. The zero-order valence-corrected chi connectivity index (χ0v) is 52.0. The lowest BCUT2D eigenvalue weighted by Gasteiger charge is -2.26. The molecule has 0 aliphatic carbocycles. The molecule has 2 saturated heterocycles. The van der Waals surface area contributed by atoms with Gasteiger partial charge >= 0.3 is 0 Å². The maximum Gasteiger partial charge on any atom is 0.239 e. The smallest absolute Gasteiger partial charge is 0.239 e. The Morgan fingerprint density at radius 2 is 0.714 bits per heavy atom. The van der Waals surface area contributed by atoms with Crippen LogP contribution >= 0.6 is 0 Å². The lowest BCUT2D eigenvalue weighted by atomic mass is 10.1. The molecule has 0 saturated carbocycles. The monoisotopic (exact) mass is 1260 g/mol. The highest BCUT2D eigenvalue weighted by Gasteiger charge is 2.23. The predicted octanol–water partition coefficient (Wildman–Crippen LogP) is 13.5. The average molecular weight is 1260 g/mol. The second-order valence-electron chi connectivity index (χ2n) is 22.6. The maximum atomic E-state index is 14.8. The SMILES string of the molecule is C.Cc1cn2c(-c3ccc(CN4CCS(=O)(=O)CC4)cc3)cccc2n1.Cc1cn2c(-c3ccc(CN4CCS(=O)(=O)CC4)cc3F)cccc2n1.[C-]#[N+]Cc1ccc(-c2cccc3nc(C)cn23)c(F)c1.[C-]#[N+]Cc1ccc(-c2cccc3nc(C)cn23)cc1. The van der Waals surface area contributed by atoms with E-state index in [-0.39, 0.29) is 48.6 Å². The minimum absolute atomic E-state index is 0. The van der Waals surface area contributed by atoms with Gasteiger partial charge < -0.3 is 9.69 Å². The second kappa shape index (κ2) is 28.0. The molecule has 2 aliphatic rings. The van der Waals surface area contributed by atoms with Crippen LogP contribution in [0.15, 0.2) is 183 Å². The van der Waals surface area contributed by atoms with Crippen molar-refractivity contribution in [3.63, 3.8) is 0 Å². The van der Waals surface area contributed by atoms with Gasteiger partial charge in [-0.05, 0) is 123 Å². The molecular formula is C71H70F2N12O4S2. The van der Waals surface area contributed by atoms with E-state index >= 15 is 0 Å². The van der Waals surface area contributed by atoms with E-state index in [9.17, 15) is 25.6 Å². The van der Waals surface area contributed by atoms with Crippen LogP contribution in [-0.2, 0) is 45.9 Å². The molecule has 14 rings (SSSR count). The van der Waals surface area contributed by atoms with Gasteiger partial charge in [0.25, 0.3) is 0 Å². The number of fused-ring (bicyclic) bond motifs is 4. The summed E-state index contributed by atoms with van der Waals surface area (Å²) < 4.78 is 83.1. The van der Waals surface area contributed by atoms with Gasteiger partial charge in [0.1, 0.15) is 34.2 Å². The Bertz CT molecular complexity index is 4880. The van der Waals surface area contributed by atoms with Gasteiger partial charge in [-0.15, -0.1) is 0 Å². The summed E-state index contributed by atoms with van der Waals surface area (Å²) in [5, 5.41) is 0. The Hall–Kier alpha value is -9.70. The number of nitrogens with zero attached hydrogens (tertiary/aromatic N) is 12. The fourth-order valence-electron chi connectivity index (χ4n) is 11.2. The fourth-order valence-corrected chi connectivity index (χ4v) is 13.8. The highest BCUT2D eigenvalue weighted by atomic mass is 32.2. The highest BCUT2D eigenvalue weighted by Crippen LogP contribution is 2.29. The molecule has 16 nitrogen and oxygen atoms in total. The minimum atomic E-state index is -2.90. The van der Waals surface area contributed by atoms with Crippen LogP contribution in [0.1, 0.15) is 52.5 Å². The second-order valence-corrected chi connectivity index (χ2v) is 27.2. The summed E-state index contributed by atoms with van der Waals surface area (Å²) in [6.07, 6.45) is 7.87. The molecular weight excluding hydrogens is 1190 g/mol. The van der Waals surface area contributed by atoms with Crippen molar-refractivity contribution >= 4 is 42.3 Å². The number of aromatic nitrogens is 8. The summed E-state index contributed by atoms with van der Waals surface area (Å²) in [4.78, 5) is 28.7. The summed E-state index contributed by atoms with van der Waals surface area (Å²) in [7, 11) is -5.72. The Labute approximate surface area is 529 Å². The molecule has 0 bridgehead atoms. The summed E-state index contributed by atoms with van der Waals surface area (Å²) in [6.45, 7) is 25.8. The first-order chi connectivity index (χ1) is 43.4. The number of hydrogen-bond donors (Lipinski definition) is 0. The van der Waals surface area contributed by atoms with Crippen molar-refractivity contribution in [3.8, 4) is 45.0 Å². The van der Waals surface area contributed by atoms with Gasteiger partial charge in [-0.3, -0.25) is 27.4 Å². The molecule has 12 aromatic rings. The van der Waals surface area contributed by atoms with Crippen molar-refractivity contribution < 1.29 is 25.6 Å². The fraction of sp³-hybridized carbons (Fsp3) is 0.239. The van der Waals surface area contributed by atoms with Gasteiger partial charge in [0, 0.05) is 86.3 Å². The predicted molar refractivity (Wildman–Crippen MR) is 357 cm³/mol. The molecule has 0 amide bonds. The Morgan fingerprint density at radius 3 is 1.09 bits per heavy atom. The molecule has 0 atom stereocenters. The van der Waals surface area contributed by atoms with Crippen molar-refractivity contribution in [3.05, 3.63) is 262 Å². The molecule has 464 valence electrons. The zero-order chi connectivity index (χ0) is 63.1. The first-order valence-electron chi connectivity index (χ1n) is 29.5. The lowest BCUT2D eigenvalue weighted by Crippen LogP contribution is -2.39. The zero-order valence-electron chi connectivity index (χ0n) is 50.4. The Kier molecular flexibility index (Phi) is 19.8. The van der Waals surface area contributed by atoms with Gasteiger partial charge in [0.2, 0.25) is 13.1 Å². The van der Waals surface area contributed by atoms with Crippen molar-refractivity contribution in [2.24, 2.45) is 0 Å². The molecule has 0 radical (unpaired) electrons.